The molecule has 19 heavy (non-hydrogen) atoms. The monoisotopic (exact) mass is 258 g/mol. The van der Waals surface area contributed by atoms with E-state index in [2.05, 4.69) is 6.07 Å². The Morgan fingerprint density at radius 1 is 1.32 bits per heavy atom. The molecule has 0 radical (unpaired) electrons. The molecule has 0 spiro atoms. The fourth-order valence-corrected chi connectivity index (χ4v) is 3.06. The summed E-state index contributed by atoms with van der Waals surface area (Å²) in [5.74, 6) is 0.507. The number of nitrogens with two attached hydrogens (primary N) is 1. The second-order valence-corrected chi connectivity index (χ2v) is 5.36. The zero-order valence-electron chi connectivity index (χ0n) is 11.4. The normalized spacial score (nSPS) is 17.7. The summed E-state index contributed by atoms with van der Waals surface area (Å²) in [6.45, 7) is 0. The first-order chi connectivity index (χ1) is 9.10. The highest BCUT2D eigenvalue weighted by molar-refractivity contribution is 5.97. The van der Waals surface area contributed by atoms with Gasteiger partial charge in [0.25, 0.3) is 0 Å². The molecule has 4 nitrogen and oxygen atoms in total. The number of rotatable bonds is 3. The molecule has 0 aromatic heterocycles. The maximum Gasteiger partial charge on any atom is 0.112 e. The lowest BCUT2D eigenvalue weighted by Gasteiger charge is -2.40. The number of benzene rings is 1. The van der Waals surface area contributed by atoms with Crippen molar-refractivity contribution in [2.45, 2.75) is 37.5 Å². The molecule has 2 rings (SSSR count). The van der Waals surface area contributed by atoms with Crippen molar-refractivity contribution in [1.29, 1.82) is 10.8 Å². The molecule has 0 unspecified atom stereocenters. The first kappa shape index (κ1) is 13.6. The zero-order chi connectivity index (χ0) is 13.9. The van der Waals surface area contributed by atoms with Crippen molar-refractivity contribution in [3.8, 4) is 0 Å². The van der Waals surface area contributed by atoms with Gasteiger partial charge in [-0.15, -0.1) is 0 Å². The maximum absolute atomic E-state index is 8.48. The van der Waals surface area contributed by atoms with Crippen LogP contribution >= 0.6 is 0 Å². The van der Waals surface area contributed by atoms with E-state index in [9.17, 15) is 0 Å². The molecule has 0 saturated heterocycles. The number of nitrogen functional groups attached to an aromatic ring is 1. The van der Waals surface area contributed by atoms with Crippen molar-refractivity contribution in [2.75, 3.05) is 12.8 Å². The number of likely N-dealkylation sites (N-methyl/N-ethyl adjacent to an activating group) is 1. The third-order valence-corrected chi connectivity index (χ3v) is 4.15. The smallest absolute Gasteiger partial charge is 0.112 e. The van der Waals surface area contributed by atoms with Gasteiger partial charge in [-0.1, -0.05) is 31.4 Å². The third-order valence-electron chi connectivity index (χ3n) is 4.15. The Kier molecular flexibility index (Phi) is 3.88. The summed E-state index contributed by atoms with van der Waals surface area (Å²) in [7, 11) is 1.78. The van der Waals surface area contributed by atoms with Gasteiger partial charge in [-0.3, -0.25) is 10.8 Å². The van der Waals surface area contributed by atoms with Gasteiger partial charge in [0.15, 0.2) is 0 Å². The van der Waals surface area contributed by atoms with E-state index >= 15 is 0 Å². The molecular weight excluding hydrogens is 236 g/mol. The minimum Gasteiger partial charge on any atom is -0.399 e. The van der Waals surface area contributed by atoms with Crippen molar-refractivity contribution in [2.24, 2.45) is 0 Å². The fraction of sp³-hybridized carbons (Fsp3) is 0.467. The van der Waals surface area contributed by atoms with Gasteiger partial charge < -0.3 is 10.6 Å². The predicted octanol–water partition coefficient (Wildman–Crippen LogP) is 2.99. The van der Waals surface area contributed by atoms with Crippen LogP contribution in [0, 0.1) is 10.8 Å². The first-order valence-corrected chi connectivity index (χ1v) is 6.78. The van der Waals surface area contributed by atoms with E-state index < -0.39 is 0 Å². The summed E-state index contributed by atoms with van der Waals surface area (Å²) in [6, 6.07) is 7.88. The molecule has 1 aromatic carbocycles. The summed E-state index contributed by atoms with van der Waals surface area (Å²) in [4.78, 5) is 1.61. The number of amidine groups is 1. The highest BCUT2D eigenvalue weighted by atomic mass is 15.2. The molecule has 0 atom stereocenters. The van der Waals surface area contributed by atoms with Crippen LogP contribution in [0.3, 0.4) is 0 Å². The lowest BCUT2D eigenvalue weighted by Crippen LogP contribution is -2.45. The van der Waals surface area contributed by atoms with Gasteiger partial charge in [-0.05, 0) is 30.5 Å². The van der Waals surface area contributed by atoms with E-state index in [1.54, 1.807) is 11.9 Å². The molecule has 1 aliphatic carbocycles. The number of hydrogen-bond acceptors (Lipinski definition) is 3. The topological polar surface area (TPSA) is 77.0 Å². The Morgan fingerprint density at radius 2 is 2.00 bits per heavy atom. The highest BCUT2D eigenvalue weighted by Gasteiger charge is 2.39. The molecule has 4 heteroatoms. The Bertz CT molecular complexity index is 475. The van der Waals surface area contributed by atoms with E-state index in [4.69, 9.17) is 16.6 Å². The van der Waals surface area contributed by atoms with Crippen LogP contribution < -0.4 is 5.73 Å². The molecule has 0 heterocycles. The summed E-state index contributed by atoms with van der Waals surface area (Å²) < 4.78 is 0. The summed E-state index contributed by atoms with van der Waals surface area (Å²) in [5.41, 5.74) is 7.49. The number of nitrogens with one attached hydrogen (secondary N) is 2. The second kappa shape index (κ2) is 5.43. The number of hydrogen-bond donors (Lipinski definition) is 3. The average Bonchev–Trinajstić information content (AvgIpc) is 2.46. The molecule has 1 saturated carbocycles. The van der Waals surface area contributed by atoms with Crippen molar-refractivity contribution in [3.05, 3.63) is 29.8 Å². The lowest BCUT2D eigenvalue weighted by atomic mass is 9.68. The largest absolute Gasteiger partial charge is 0.399 e. The maximum atomic E-state index is 8.48. The molecule has 102 valence electrons. The van der Waals surface area contributed by atoms with Crippen LogP contribution in [-0.4, -0.2) is 24.1 Å². The van der Waals surface area contributed by atoms with Gasteiger partial charge in [-0.25, -0.2) is 0 Å². The van der Waals surface area contributed by atoms with E-state index in [0.29, 0.717) is 5.84 Å². The molecule has 0 bridgehead atoms. The Balaban J connectivity index is 2.45. The molecule has 0 aliphatic heterocycles. The van der Waals surface area contributed by atoms with Gasteiger partial charge in [0, 0.05) is 12.7 Å². The highest BCUT2D eigenvalue weighted by Crippen LogP contribution is 2.41. The Morgan fingerprint density at radius 3 is 2.58 bits per heavy atom. The molecule has 4 N–H and O–H groups in total. The van der Waals surface area contributed by atoms with E-state index in [-0.39, 0.29) is 5.41 Å². The molecule has 0 amide bonds. The quantitative estimate of drug-likeness (QED) is 0.443. The number of anilines is 1. The molecular formula is C15H22N4. The Labute approximate surface area is 114 Å². The van der Waals surface area contributed by atoms with Crippen molar-refractivity contribution >= 4 is 17.9 Å². The van der Waals surface area contributed by atoms with Gasteiger partial charge in [0.05, 0.1) is 11.8 Å². The van der Waals surface area contributed by atoms with Gasteiger partial charge in [-0.2, -0.15) is 0 Å². The van der Waals surface area contributed by atoms with Crippen LogP contribution in [-0.2, 0) is 5.41 Å². The third kappa shape index (κ3) is 2.48. The molecule has 1 aromatic rings. The zero-order valence-corrected chi connectivity index (χ0v) is 11.4. The minimum atomic E-state index is -0.278. The Hall–Kier alpha value is -1.84. The fourth-order valence-electron chi connectivity index (χ4n) is 3.06. The summed E-state index contributed by atoms with van der Waals surface area (Å²) in [5, 5.41) is 15.9. The predicted molar refractivity (Wildman–Crippen MR) is 79.9 cm³/mol. The first-order valence-electron chi connectivity index (χ1n) is 6.78. The van der Waals surface area contributed by atoms with Gasteiger partial charge in [0.2, 0.25) is 0 Å². The van der Waals surface area contributed by atoms with Crippen molar-refractivity contribution in [3.63, 3.8) is 0 Å². The summed E-state index contributed by atoms with van der Waals surface area (Å²) >= 11 is 0. The standard InChI is InChI=1S/C15H22N4/c1-19(11-16)14(18)15(8-3-2-4-9-15)12-6-5-7-13(17)10-12/h5-7,10-11,16,18H,2-4,8-9,17H2,1H3. The van der Waals surface area contributed by atoms with Crippen LogP contribution in [0.15, 0.2) is 24.3 Å². The average molecular weight is 258 g/mol. The van der Waals surface area contributed by atoms with Gasteiger partial charge >= 0.3 is 0 Å². The number of nitrogens with zero attached hydrogens (tertiary/aromatic N) is 1. The van der Waals surface area contributed by atoms with Crippen LogP contribution in [0.1, 0.15) is 37.7 Å². The summed E-state index contributed by atoms with van der Waals surface area (Å²) in [6.07, 6.45) is 6.63. The molecule has 1 aliphatic rings. The van der Waals surface area contributed by atoms with Crippen LogP contribution in [0.5, 0.6) is 0 Å². The SMILES string of the molecule is CN(C=N)C(=N)C1(c2cccc(N)c2)CCCCC1. The second-order valence-electron chi connectivity index (χ2n) is 5.36. The van der Waals surface area contributed by atoms with Crippen LogP contribution in [0.2, 0.25) is 0 Å². The van der Waals surface area contributed by atoms with Gasteiger partial charge in [0.1, 0.15) is 5.84 Å². The van der Waals surface area contributed by atoms with Crippen LogP contribution in [0.25, 0.3) is 0 Å². The van der Waals surface area contributed by atoms with Crippen molar-refractivity contribution < 1.29 is 0 Å². The minimum absolute atomic E-state index is 0.278. The van der Waals surface area contributed by atoms with E-state index in [1.807, 2.05) is 18.2 Å². The van der Waals surface area contributed by atoms with Crippen molar-refractivity contribution in [1.82, 2.24) is 4.90 Å². The molecule has 1 fully saturated rings. The van der Waals surface area contributed by atoms with E-state index in [1.165, 1.54) is 12.8 Å². The van der Waals surface area contributed by atoms with E-state index in [0.717, 1.165) is 36.9 Å². The lowest BCUT2D eigenvalue weighted by molar-refractivity contribution is 0.360. The van der Waals surface area contributed by atoms with Crippen LogP contribution in [0.4, 0.5) is 5.69 Å².